The van der Waals surface area contributed by atoms with Crippen molar-refractivity contribution in [1.82, 2.24) is 14.8 Å². The molecule has 1 aromatic carbocycles. The number of nitrogens with two attached hydrogens (primary N) is 1. The lowest BCUT2D eigenvalue weighted by Gasteiger charge is -2.06. The van der Waals surface area contributed by atoms with E-state index in [0.29, 0.717) is 11.9 Å². The molecule has 4 N–H and O–H groups in total. The van der Waals surface area contributed by atoms with Gasteiger partial charge in [0.1, 0.15) is 0 Å². The average Bonchev–Trinajstić information content (AvgIpc) is 2.84. The van der Waals surface area contributed by atoms with Gasteiger partial charge in [-0.25, -0.2) is 0 Å². The quantitative estimate of drug-likeness (QED) is 0.671. The Morgan fingerprint density at radius 1 is 1.35 bits per heavy atom. The maximum atomic E-state index is 12.0. The molecule has 0 aliphatic rings. The van der Waals surface area contributed by atoms with Crippen molar-refractivity contribution < 1.29 is 0 Å². The van der Waals surface area contributed by atoms with Crippen LogP contribution in [0.4, 0.5) is 11.4 Å². The first-order chi connectivity index (χ1) is 9.65. The summed E-state index contributed by atoms with van der Waals surface area (Å²) in [7, 11) is 1.85. The fraction of sp³-hybridized carbons (Fsp3) is 0.143. The molecule has 6 nitrogen and oxygen atoms in total. The van der Waals surface area contributed by atoms with Crippen LogP contribution in [0.3, 0.4) is 0 Å². The summed E-state index contributed by atoms with van der Waals surface area (Å²) >= 11 is 0. The molecule has 0 fully saturated rings. The fourth-order valence-electron chi connectivity index (χ4n) is 2.14. The van der Waals surface area contributed by atoms with Crippen molar-refractivity contribution in [3.05, 3.63) is 52.6 Å². The molecule has 0 aliphatic heterocycles. The van der Waals surface area contributed by atoms with Crippen LogP contribution in [0.5, 0.6) is 0 Å². The number of H-pyrrole nitrogens is 1. The molecule has 0 amide bonds. The molecule has 6 heteroatoms. The molecular formula is C14H15N5O. The molecule has 0 aliphatic carbocycles. The van der Waals surface area contributed by atoms with E-state index in [9.17, 15) is 4.79 Å². The van der Waals surface area contributed by atoms with Gasteiger partial charge in [-0.1, -0.05) is 0 Å². The standard InChI is InChI=1S/C14H15N5O/c1-19-8-11(7-16-19)17-9-2-3-13-12(4-9)14(20)5-10(6-15)18-13/h2-5,7-8,17H,6,15H2,1H3,(H,18,20). The summed E-state index contributed by atoms with van der Waals surface area (Å²) in [6.07, 6.45) is 3.60. The van der Waals surface area contributed by atoms with Gasteiger partial charge in [0.15, 0.2) is 5.43 Å². The van der Waals surface area contributed by atoms with Crippen molar-refractivity contribution in [2.75, 3.05) is 5.32 Å². The van der Waals surface area contributed by atoms with Crippen molar-refractivity contribution in [3.63, 3.8) is 0 Å². The number of aromatic nitrogens is 3. The third-order valence-corrected chi connectivity index (χ3v) is 3.10. The van der Waals surface area contributed by atoms with Crippen LogP contribution in [0, 0.1) is 0 Å². The van der Waals surface area contributed by atoms with Crippen LogP contribution >= 0.6 is 0 Å². The van der Waals surface area contributed by atoms with Crippen LogP contribution in [0.2, 0.25) is 0 Å². The van der Waals surface area contributed by atoms with Gasteiger partial charge in [-0.3, -0.25) is 9.48 Å². The predicted molar refractivity (Wildman–Crippen MR) is 79.0 cm³/mol. The van der Waals surface area contributed by atoms with E-state index >= 15 is 0 Å². The highest BCUT2D eigenvalue weighted by molar-refractivity contribution is 5.83. The number of aryl methyl sites for hydroxylation is 1. The summed E-state index contributed by atoms with van der Waals surface area (Å²) in [5.41, 5.74) is 8.76. The van der Waals surface area contributed by atoms with Crippen molar-refractivity contribution in [3.8, 4) is 0 Å². The second-order valence-electron chi connectivity index (χ2n) is 4.65. The Hall–Kier alpha value is -2.60. The van der Waals surface area contributed by atoms with E-state index in [1.807, 2.05) is 31.4 Å². The number of nitrogens with one attached hydrogen (secondary N) is 2. The lowest BCUT2D eigenvalue weighted by Crippen LogP contribution is -2.08. The zero-order chi connectivity index (χ0) is 14.1. The number of aromatic amines is 1. The maximum Gasteiger partial charge on any atom is 0.189 e. The third kappa shape index (κ3) is 2.28. The van der Waals surface area contributed by atoms with E-state index in [4.69, 9.17) is 5.73 Å². The molecule has 20 heavy (non-hydrogen) atoms. The molecule has 102 valence electrons. The number of benzene rings is 1. The normalized spacial score (nSPS) is 10.9. The largest absolute Gasteiger partial charge is 0.357 e. The Morgan fingerprint density at radius 3 is 2.90 bits per heavy atom. The summed E-state index contributed by atoms with van der Waals surface area (Å²) in [6, 6.07) is 7.14. The Kier molecular flexibility index (Phi) is 3.00. The van der Waals surface area contributed by atoms with Gasteiger partial charge in [0, 0.05) is 48.1 Å². The minimum Gasteiger partial charge on any atom is -0.357 e. The van der Waals surface area contributed by atoms with Crippen molar-refractivity contribution >= 4 is 22.3 Å². The van der Waals surface area contributed by atoms with Crippen LogP contribution in [0.1, 0.15) is 5.69 Å². The van der Waals surface area contributed by atoms with Crippen molar-refractivity contribution in [2.45, 2.75) is 6.54 Å². The minimum absolute atomic E-state index is 0.0333. The number of anilines is 2. The summed E-state index contributed by atoms with van der Waals surface area (Å²) in [6.45, 7) is 0.320. The first kappa shape index (κ1) is 12.4. The zero-order valence-corrected chi connectivity index (χ0v) is 11.1. The molecule has 3 rings (SSSR count). The summed E-state index contributed by atoms with van der Waals surface area (Å²) < 4.78 is 1.71. The van der Waals surface area contributed by atoms with Gasteiger partial charge < -0.3 is 16.0 Å². The van der Waals surface area contributed by atoms with E-state index in [1.54, 1.807) is 10.9 Å². The van der Waals surface area contributed by atoms with Gasteiger partial charge in [-0.15, -0.1) is 0 Å². The highest BCUT2D eigenvalue weighted by Gasteiger charge is 2.04. The summed E-state index contributed by atoms with van der Waals surface area (Å²) in [5, 5.41) is 7.93. The molecule has 3 aromatic rings. The van der Waals surface area contributed by atoms with Gasteiger partial charge in [0.05, 0.1) is 11.9 Å². The Bertz CT molecular complexity index is 818. The number of nitrogens with zero attached hydrogens (tertiary/aromatic N) is 2. The number of fused-ring (bicyclic) bond motifs is 1. The molecule has 2 aromatic heterocycles. The lowest BCUT2D eigenvalue weighted by molar-refractivity contribution is 0.768. The van der Waals surface area contributed by atoms with E-state index in [2.05, 4.69) is 15.4 Å². The molecular weight excluding hydrogens is 254 g/mol. The van der Waals surface area contributed by atoms with Crippen molar-refractivity contribution in [2.24, 2.45) is 12.8 Å². The molecule has 0 saturated carbocycles. The smallest absolute Gasteiger partial charge is 0.189 e. The third-order valence-electron chi connectivity index (χ3n) is 3.10. The van der Waals surface area contributed by atoms with Gasteiger partial charge in [0.2, 0.25) is 0 Å². The SMILES string of the molecule is Cn1cc(Nc2ccc3[nH]c(CN)cc(=O)c3c2)cn1. The first-order valence-electron chi connectivity index (χ1n) is 6.27. The minimum atomic E-state index is -0.0333. The average molecular weight is 269 g/mol. The monoisotopic (exact) mass is 269 g/mol. The van der Waals surface area contributed by atoms with Crippen LogP contribution in [-0.2, 0) is 13.6 Å². The number of hydrogen-bond donors (Lipinski definition) is 3. The fourth-order valence-corrected chi connectivity index (χ4v) is 2.14. The van der Waals surface area contributed by atoms with Gasteiger partial charge >= 0.3 is 0 Å². The highest BCUT2D eigenvalue weighted by atomic mass is 16.1. The zero-order valence-electron chi connectivity index (χ0n) is 11.1. The second kappa shape index (κ2) is 4.82. The molecule has 0 bridgehead atoms. The van der Waals surface area contributed by atoms with Crippen LogP contribution in [0.25, 0.3) is 10.9 Å². The Labute approximate surface area is 115 Å². The van der Waals surface area contributed by atoms with Crippen LogP contribution < -0.4 is 16.5 Å². The van der Waals surface area contributed by atoms with Crippen LogP contribution in [-0.4, -0.2) is 14.8 Å². The van der Waals surface area contributed by atoms with E-state index in [0.717, 1.165) is 22.6 Å². The Balaban J connectivity index is 2.02. The first-order valence-corrected chi connectivity index (χ1v) is 6.27. The molecule has 0 radical (unpaired) electrons. The van der Waals surface area contributed by atoms with Crippen LogP contribution in [0.15, 0.2) is 41.5 Å². The van der Waals surface area contributed by atoms with Gasteiger partial charge in [0.25, 0.3) is 0 Å². The van der Waals surface area contributed by atoms with E-state index < -0.39 is 0 Å². The van der Waals surface area contributed by atoms with Gasteiger partial charge in [-0.05, 0) is 18.2 Å². The second-order valence-corrected chi connectivity index (χ2v) is 4.65. The molecule has 0 spiro atoms. The number of hydrogen-bond acceptors (Lipinski definition) is 4. The Morgan fingerprint density at radius 2 is 2.20 bits per heavy atom. The molecule has 0 unspecified atom stereocenters. The summed E-state index contributed by atoms with van der Waals surface area (Å²) in [4.78, 5) is 15.2. The van der Waals surface area contributed by atoms with Gasteiger partial charge in [-0.2, -0.15) is 5.10 Å². The summed E-state index contributed by atoms with van der Waals surface area (Å²) in [5.74, 6) is 0. The molecule has 0 atom stereocenters. The highest BCUT2D eigenvalue weighted by Crippen LogP contribution is 2.19. The van der Waals surface area contributed by atoms with E-state index in [1.165, 1.54) is 6.07 Å². The topological polar surface area (TPSA) is 88.7 Å². The molecule has 2 heterocycles. The molecule has 0 saturated heterocycles. The number of pyridine rings is 1. The number of rotatable bonds is 3. The van der Waals surface area contributed by atoms with Crippen molar-refractivity contribution in [1.29, 1.82) is 0 Å². The predicted octanol–water partition coefficient (Wildman–Crippen LogP) is 1.46. The maximum absolute atomic E-state index is 12.0. The lowest BCUT2D eigenvalue weighted by atomic mass is 10.1. The van der Waals surface area contributed by atoms with E-state index in [-0.39, 0.29) is 5.43 Å².